The summed E-state index contributed by atoms with van der Waals surface area (Å²) in [4.78, 5) is 101. The first-order valence-corrected chi connectivity index (χ1v) is 41.6. The van der Waals surface area contributed by atoms with Crippen LogP contribution in [0.2, 0.25) is 0 Å². The van der Waals surface area contributed by atoms with Crippen LogP contribution in [0.25, 0.3) is 29.1 Å². The van der Waals surface area contributed by atoms with E-state index >= 15 is 0 Å². The number of esters is 8. The van der Waals surface area contributed by atoms with Gasteiger partial charge in [-0.05, 0) is 187 Å². The molecule has 0 N–H and O–H groups in total. The van der Waals surface area contributed by atoms with Gasteiger partial charge in [-0.25, -0.2) is 38.4 Å². The molecule has 0 radical (unpaired) electrons. The molecule has 0 saturated carbocycles. The first kappa shape index (κ1) is 94.7. The Morgan fingerprint density at radius 3 is 1.22 bits per heavy atom. The summed E-state index contributed by atoms with van der Waals surface area (Å²) in [6.45, 7) is 23.0. The second-order valence-corrected chi connectivity index (χ2v) is 29.3. The minimum absolute atomic E-state index is 0.00646. The second-order valence-electron chi connectivity index (χ2n) is 29.3. The number of unbranched alkanes of at least 4 members (excludes halogenated alkanes) is 1. The van der Waals surface area contributed by atoms with Gasteiger partial charge in [0.25, 0.3) is 5.70 Å². The predicted molar refractivity (Wildman–Crippen MR) is 474 cm³/mol. The monoisotopic (exact) mass is 1750 g/mol. The lowest BCUT2D eigenvalue weighted by molar-refractivity contribution is -0.151. The molecule has 0 amide bonds. The molecule has 27 nitrogen and oxygen atoms in total. The summed E-state index contributed by atoms with van der Waals surface area (Å²) >= 11 is 0. The topological polar surface area (TPSA) is 322 Å². The SMILES string of the molecule is C=CC(=O)OCCCOc1ccc(C(=O)Oc2ccc(OC(=O)c3ccc(OCCCOC(=O)C=C)cc3)c(C)c2)cc1.CCCCOc1ccc(/C=C/C(=O)O[C@@H]2CO[C@H]3[C@@H]2OC[C@H]3OC(=O)/C=C/c2ccc(C)cc2)cc1.[C-]#[N+]/C(=C\c1ccc(OCc2ccccc2)cc1)C(=O)O[C@@H]1CO[C@H]2[C@@H]1OC[C@@H]2OC(=O)/C(C#N)=C/c1ccc(OCc2ccccc2)cc1. The number of hydrogen-bond donors (Lipinski definition) is 0. The van der Waals surface area contributed by atoms with Crippen LogP contribution in [-0.4, -0.2) is 156 Å². The van der Waals surface area contributed by atoms with Crippen LogP contribution in [0, 0.1) is 31.8 Å². The number of aryl methyl sites for hydroxylation is 2. The number of rotatable bonds is 38. The lowest BCUT2D eigenvalue weighted by Crippen LogP contribution is -2.36. The Labute approximate surface area is 746 Å². The zero-order valence-electron chi connectivity index (χ0n) is 71.2. The molecule has 0 aliphatic carbocycles. The van der Waals surface area contributed by atoms with E-state index in [-0.39, 0.29) is 56.7 Å². The van der Waals surface area contributed by atoms with Gasteiger partial charge in [0.2, 0.25) is 0 Å². The van der Waals surface area contributed by atoms with E-state index in [2.05, 4.69) is 24.9 Å². The number of nitriles is 1. The lowest BCUT2D eigenvalue weighted by Gasteiger charge is -2.17. The van der Waals surface area contributed by atoms with E-state index in [4.69, 9.17) is 87.1 Å². The number of hydrogen-bond acceptors (Lipinski definition) is 26. The highest BCUT2D eigenvalue weighted by atomic mass is 16.7. The van der Waals surface area contributed by atoms with Crippen molar-refractivity contribution in [3.05, 3.63) is 340 Å². The number of benzene rings is 9. The van der Waals surface area contributed by atoms with Crippen molar-refractivity contribution in [2.24, 2.45) is 0 Å². The highest BCUT2D eigenvalue weighted by Gasteiger charge is 2.52. The third-order valence-corrected chi connectivity index (χ3v) is 19.7. The standard InChI is InChI=1S/C40H32N2O8.C33H32O10.C29H32O7/c1-42-34(21-28-14-18-33(19-15-28)46-24-30-10-6-3-7-11-30)40(44)50-36-26-48-37-35(25-47-38(36)37)49-39(43)31(22-41)20-27-12-16-32(17-13-27)45-23-29-8-4-2-5-9-29;1-4-30(34)40-20-6-18-38-26-12-8-24(9-13-26)32(36)42-28-16-17-29(23(3)22-28)43-33(37)25-10-14-27(15-11-25)39-19-7-21-41-31(35)5-2;1-3-4-17-32-23-13-9-22(10-14-23)12-16-27(31)36-25-19-34-28-24(18-33-29(25)28)35-26(30)15-11-21-7-5-20(2)6-8-21/h2-21,35-38H,23-26H2;4-5,8-17,22H,1-2,6-7,18-21H2,3H3;5-16,24-25,28-29H,3-4,17-19H2,1-2H3/b31-20+,34-21-;;15-11+,16-12+/t35-,36+,37+,38+;;24-,25-,28-,29-/m0.1/s1. The van der Waals surface area contributed by atoms with E-state index < -0.39 is 96.6 Å². The molecule has 4 saturated heterocycles. The molecule has 27 heteroatoms. The highest BCUT2D eigenvalue weighted by molar-refractivity contribution is 5.98. The Hall–Kier alpha value is -15.0. The zero-order valence-corrected chi connectivity index (χ0v) is 71.2. The molecule has 129 heavy (non-hydrogen) atoms. The molecule has 4 aliphatic rings. The van der Waals surface area contributed by atoms with Gasteiger partial charge in [-0.1, -0.05) is 153 Å². The number of fused-ring (bicyclic) bond motifs is 2. The van der Waals surface area contributed by atoms with E-state index in [9.17, 15) is 43.6 Å². The van der Waals surface area contributed by atoms with Crippen LogP contribution in [0.4, 0.5) is 0 Å². The van der Waals surface area contributed by atoms with Gasteiger partial charge >= 0.3 is 47.8 Å². The van der Waals surface area contributed by atoms with Crippen LogP contribution < -0.4 is 33.2 Å². The van der Waals surface area contributed by atoms with Crippen LogP contribution in [0.5, 0.6) is 40.2 Å². The van der Waals surface area contributed by atoms with Gasteiger partial charge < -0.3 is 80.5 Å². The van der Waals surface area contributed by atoms with Crippen LogP contribution in [0.1, 0.15) is 97.8 Å². The van der Waals surface area contributed by atoms with Crippen molar-refractivity contribution in [1.29, 1.82) is 5.26 Å². The molecule has 0 aromatic heterocycles. The maximum atomic E-state index is 13.0. The zero-order chi connectivity index (χ0) is 91.1. The van der Waals surface area contributed by atoms with Crippen LogP contribution in [0.15, 0.2) is 273 Å². The Bertz CT molecular complexity index is 5350. The second kappa shape index (κ2) is 49.6. The average Bonchev–Trinajstić information content (AvgIpc) is 1.66. The van der Waals surface area contributed by atoms with Gasteiger partial charge in [-0.2, -0.15) is 5.26 Å². The van der Waals surface area contributed by atoms with E-state index in [0.29, 0.717) is 102 Å². The number of ether oxygens (including phenoxy) is 17. The fraction of sp³-hybridized carbons (Fsp3) is 0.255. The molecule has 9 aromatic carbocycles. The molecular formula is C102H96N2O25. The van der Waals surface area contributed by atoms with Crippen molar-refractivity contribution in [2.75, 3.05) is 59.5 Å². The van der Waals surface area contributed by atoms with Crippen molar-refractivity contribution in [1.82, 2.24) is 0 Å². The molecule has 0 spiro atoms. The quantitative estimate of drug-likeness (QED) is 0.00660. The molecule has 4 fully saturated rings. The molecule has 4 heterocycles. The number of carbonyl (C=O) groups is 8. The van der Waals surface area contributed by atoms with Gasteiger partial charge in [0.1, 0.15) is 89.5 Å². The van der Waals surface area contributed by atoms with E-state index in [1.807, 2.05) is 122 Å². The van der Waals surface area contributed by atoms with Gasteiger partial charge in [-0.3, -0.25) is 4.79 Å². The molecule has 13 rings (SSSR count). The van der Waals surface area contributed by atoms with Crippen LogP contribution >= 0.6 is 0 Å². The molecular weight excluding hydrogens is 1650 g/mol. The summed E-state index contributed by atoms with van der Waals surface area (Å²) < 4.78 is 94.5. The van der Waals surface area contributed by atoms with Gasteiger partial charge in [-0.15, -0.1) is 0 Å². The molecule has 4 aliphatic heterocycles. The van der Waals surface area contributed by atoms with Crippen molar-refractivity contribution in [3.8, 4) is 46.3 Å². The smallest absolute Gasteiger partial charge is 0.349 e. The fourth-order valence-corrected chi connectivity index (χ4v) is 12.9. The van der Waals surface area contributed by atoms with Crippen LogP contribution in [-0.2, 0) is 89.3 Å². The first-order chi connectivity index (χ1) is 62.8. The summed E-state index contributed by atoms with van der Waals surface area (Å²) in [5.41, 5.74) is 7.06. The molecule has 664 valence electrons. The average molecular weight is 1750 g/mol. The summed E-state index contributed by atoms with van der Waals surface area (Å²) in [7, 11) is 0. The van der Waals surface area contributed by atoms with E-state index in [0.717, 1.165) is 58.6 Å². The lowest BCUT2D eigenvalue weighted by atomic mass is 10.1. The molecule has 0 unspecified atom stereocenters. The number of nitrogens with zero attached hydrogens (tertiary/aromatic N) is 2. The maximum Gasteiger partial charge on any atom is 0.349 e. The largest absolute Gasteiger partial charge is 0.494 e. The Kier molecular flexibility index (Phi) is 36.4. The first-order valence-electron chi connectivity index (χ1n) is 41.6. The van der Waals surface area contributed by atoms with E-state index in [1.165, 1.54) is 30.4 Å². The fourth-order valence-electron chi connectivity index (χ4n) is 12.9. The van der Waals surface area contributed by atoms with Gasteiger partial charge in [0.05, 0.1) is 77.2 Å². The van der Waals surface area contributed by atoms with Crippen LogP contribution in [0.3, 0.4) is 0 Å². The Morgan fingerprint density at radius 1 is 0.426 bits per heavy atom. The van der Waals surface area contributed by atoms with Crippen molar-refractivity contribution >= 4 is 72.1 Å². The molecule has 0 bridgehead atoms. The number of carbonyl (C=O) groups excluding carboxylic acids is 8. The third kappa shape index (κ3) is 30.1. The highest BCUT2D eigenvalue weighted by Crippen LogP contribution is 2.35. The normalized spacial score (nSPS) is 17.5. The molecule has 9 aromatic rings. The third-order valence-electron chi connectivity index (χ3n) is 19.7. The van der Waals surface area contributed by atoms with Crippen molar-refractivity contribution in [3.63, 3.8) is 0 Å². The summed E-state index contributed by atoms with van der Waals surface area (Å²) in [5.74, 6) is -0.888. The maximum absolute atomic E-state index is 13.0. The summed E-state index contributed by atoms with van der Waals surface area (Å²) in [6.07, 6.45) is 9.23. The van der Waals surface area contributed by atoms with Crippen molar-refractivity contribution in [2.45, 2.75) is 108 Å². The molecule has 8 atom stereocenters. The summed E-state index contributed by atoms with van der Waals surface area (Å²) in [6, 6.07) is 68.3. The van der Waals surface area contributed by atoms with Crippen molar-refractivity contribution < 1.29 is 119 Å². The Morgan fingerprint density at radius 2 is 0.806 bits per heavy atom. The minimum Gasteiger partial charge on any atom is -0.494 e. The summed E-state index contributed by atoms with van der Waals surface area (Å²) in [5, 5.41) is 9.69. The van der Waals surface area contributed by atoms with E-state index in [1.54, 1.807) is 128 Å². The predicted octanol–water partition coefficient (Wildman–Crippen LogP) is 16.3. The Balaban J connectivity index is 0.000000190. The van der Waals surface area contributed by atoms with Gasteiger partial charge in [0, 0.05) is 37.1 Å². The minimum atomic E-state index is -0.829. The van der Waals surface area contributed by atoms with Gasteiger partial charge in [0.15, 0.2) is 24.4 Å².